The van der Waals surface area contributed by atoms with Crippen molar-refractivity contribution in [2.24, 2.45) is 0 Å². The minimum absolute atomic E-state index is 0.140. The summed E-state index contributed by atoms with van der Waals surface area (Å²) in [5, 5.41) is 12.9. The van der Waals surface area contributed by atoms with E-state index in [9.17, 15) is 9.90 Å². The van der Waals surface area contributed by atoms with E-state index in [1.807, 2.05) is 30.5 Å². The smallest absolute Gasteiger partial charge is 0.252 e. The number of hydrogen-bond acceptors (Lipinski definition) is 4. The summed E-state index contributed by atoms with van der Waals surface area (Å²) >= 11 is 4.99. The van der Waals surface area contributed by atoms with Gasteiger partial charge < -0.3 is 15.2 Å². The predicted molar refractivity (Wildman–Crippen MR) is 96.2 cm³/mol. The highest BCUT2D eigenvalue weighted by Gasteiger charge is 2.14. The highest BCUT2D eigenvalue weighted by Crippen LogP contribution is 2.23. The van der Waals surface area contributed by atoms with Crippen molar-refractivity contribution >= 4 is 33.6 Å². The molecule has 4 nitrogen and oxygen atoms in total. The van der Waals surface area contributed by atoms with E-state index in [0.717, 1.165) is 10.5 Å². The first-order valence-corrected chi connectivity index (χ1v) is 9.00. The molecule has 122 valence electrons. The van der Waals surface area contributed by atoms with E-state index in [2.05, 4.69) is 21.2 Å². The molecule has 2 aromatic rings. The number of carbonyl (C=O) groups excluding carboxylic acids is 1. The van der Waals surface area contributed by atoms with Crippen molar-refractivity contribution in [3.8, 4) is 5.75 Å². The fraction of sp³-hybridized carbons (Fsp3) is 0.235. The Labute approximate surface area is 148 Å². The van der Waals surface area contributed by atoms with Gasteiger partial charge in [-0.15, -0.1) is 11.8 Å². The van der Waals surface area contributed by atoms with E-state index < -0.39 is 6.10 Å². The van der Waals surface area contributed by atoms with Crippen molar-refractivity contribution in [3.63, 3.8) is 0 Å². The molecule has 1 atom stereocenters. The molecule has 0 aromatic heterocycles. The number of carbonyl (C=O) groups is 1. The van der Waals surface area contributed by atoms with Crippen LogP contribution in [0.1, 0.15) is 22.0 Å². The zero-order chi connectivity index (χ0) is 16.8. The summed E-state index contributed by atoms with van der Waals surface area (Å²) in [5.41, 5.74) is 1.24. The molecule has 0 heterocycles. The molecule has 0 aliphatic heterocycles. The minimum atomic E-state index is -0.751. The number of amides is 1. The third-order valence-corrected chi connectivity index (χ3v) is 4.81. The number of benzene rings is 2. The summed E-state index contributed by atoms with van der Waals surface area (Å²) in [6, 6.07) is 12.8. The number of ether oxygens (including phenoxy) is 1. The van der Waals surface area contributed by atoms with E-state index in [1.165, 1.54) is 0 Å². The third kappa shape index (κ3) is 4.73. The normalized spacial score (nSPS) is 11.8. The number of rotatable bonds is 6. The molecule has 2 rings (SSSR count). The molecule has 23 heavy (non-hydrogen) atoms. The van der Waals surface area contributed by atoms with Crippen LogP contribution >= 0.6 is 27.7 Å². The Morgan fingerprint density at radius 2 is 2.00 bits per heavy atom. The highest BCUT2D eigenvalue weighted by atomic mass is 79.9. The monoisotopic (exact) mass is 395 g/mol. The molecule has 6 heteroatoms. The van der Waals surface area contributed by atoms with Gasteiger partial charge in [-0.2, -0.15) is 0 Å². The zero-order valence-corrected chi connectivity index (χ0v) is 15.3. The van der Waals surface area contributed by atoms with Gasteiger partial charge >= 0.3 is 0 Å². The maximum atomic E-state index is 12.3. The van der Waals surface area contributed by atoms with Crippen LogP contribution in [0.2, 0.25) is 0 Å². The molecule has 0 fully saturated rings. The fourth-order valence-corrected chi connectivity index (χ4v) is 2.87. The summed E-state index contributed by atoms with van der Waals surface area (Å²) in [6.07, 6.45) is 1.25. The molecule has 0 radical (unpaired) electrons. The summed E-state index contributed by atoms with van der Waals surface area (Å²) < 4.78 is 5.80. The quantitative estimate of drug-likeness (QED) is 0.732. The Hall–Kier alpha value is -1.50. The van der Waals surface area contributed by atoms with E-state index in [0.29, 0.717) is 15.8 Å². The van der Waals surface area contributed by atoms with Gasteiger partial charge in [-0.05, 0) is 58.1 Å². The van der Waals surface area contributed by atoms with Crippen LogP contribution in [0.25, 0.3) is 0 Å². The minimum Gasteiger partial charge on any atom is -0.497 e. The van der Waals surface area contributed by atoms with Crippen LogP contribution < -0.4 is 10.1 Å². The van der Waals surface area contributed by atoms with Gasteiger partial charge in [0.2, 0.25) is 0 Å². The van der Waals surface area contributed by atoms with Gasteiger partial charge in [0, 0.05) is 15.9 Å². The Balaban J connectivity index is 2.00. The SMILES string of the molecule is COc1ccc(Br)c(C(=O)NC[C@@H](O)c2ccc(SC)cc2)c1. The van der Waals surface area contributed by atoms with E-state index >= 15 is 0 Å². The van der Waals surface area contributed by atoms with Crippen molar-refractivity contribution in [1.29, 1.82) is 0 Å². The molecule has 1 amide bonds. The molecule has 0 bridgehead atoms. The number of halogens is 1. The molecule has 0 saturated heterocycles. The lowest BCUT2D eigenvalue weighted by atomic mass is 10.1. The summed E-state index contributed by atoms with van der Waals surface area (Å²) in [7, 11) is 1.55. The number of methoxy groups -OCH3 is 1. The topological polar surface area (TPSA) is 58.6 Å². The molecular formula is C17H18BrNO3S. The maximum absolute atomic E-state index is 12.3. The number of aliphatic hydroxyl groups is 1. The molecule has 2 N–H and O–H groups in total. The standard InChI is InChI=1S/C17H18BrNO3S/c1-22-12-5-8-15(18)14(9-12)17(21)19-10-16(20)11-3-6-13(23-2)7-4-11/h3-9,16,20H,10H2,1-2H3,(H,19,21)/t16-/m1/s1. The van der Waals surface area contributed by atoms with Gasteiger partial charge in [0.1, 0.15) is 5.75 Å². The average molecular weight is 396 g/mol. The fourth-order valence-electron chi connectivity index (χ4n) is 2.03. The Morgan fingerprint density at radius 1 is 1.30 bits per heavy atom. The van der Waals surface area contributed by atoms with Gasteiger partial charge in [0.05, 0.1) is 18.8 Å². The van der Waals surface area contributed by atoms with Crippen LogP contribution in [0.4, 0.5) is 0 Å². The summed E-state index contributed by atoms with van der Waals surface area (Å²) in [5.74, 6) is 0.335. The van der Waals surface area contributed by atoms with Crippen LogP contribution in [0.3, 0.4) is 0 Å². The maximum Gasteiger partial charge on any atom is 0.252 e. The number of nitrogens with one attached hydrogen (secondary N) is 1. The summed E-state index contributed by atoms with van der Waals surface area (Å²) in [4.78, 5) is 13.4. The van der Waals surface area contributed by atoms with Gasteiger partial charge in [-0.1, -0.05) is 12.1 Å². The van der Waals surface area contributed by atoms with Crippen molar-refractivity contribution in [2.75, 3.05) is 19.9 Å². The van der Waals surface area contributed by atoms with Crippen LogP contribution in [0.5, 0.6) is 5.75 Å². The Bertz CT molecular complexity index is 676. The zero-order valence-electron chi connectivity index (χ0n) is 12.9. The molecular weight excluding hydrogens is 378 g/mol. The lowest BCUT2D eigenvalue weighted by Crippen LogP contribution is -2.28. The van der Waals surface area contributed by atoms with E-state index in [4.69, 9.17) is 4.74 Å². The molecule has 2 aromatic carbocycles. The lowest BCUT2D eigenvalue weighted by molar-refractivity contribution is 0.0915. The van der Waals surface area contributed by atoms with Crippen molar-refractivity contribution < 1.29 is 14.6 Å². The average Bonchev–Trinajstić information content (AvgIpc) is 2.59. The van der Waals surface area contributed by atoms with Crippen LogP contribution in [0.15, 0.2) is 51.8 Å². The molecule has 0 spiro atoms. The first-order valence-electron chi connectivity index (χ1n) is 6.99. The molecule has 0 saturated carbocycles. The Morgan fingerprint density at radius 3 is 2.61 bits per heavy atom. The van der Waals surface area contributed by atoms with Crippen molar-refractivity contribution in [1.82, 2.24) is 5.32 Å². The van der Waals surface area contributed by atoms with E-state index in [1.54, 1.807) is 37.1 Å². The highest BCUT2D eigenvalue weighted by molar-refractivity contribution is 9.10. The van der Waals surface area contributed by atoms with Crippen molar-refractivity contribution in [3.05, 3.63) is 58.1 Å². The Kier molecular flexibility index (Phi) is 6.50. The third-order valence-electron chi connectivity index (χ3n) is 3.37. The predicted octanol–water partition coefficient (Wildman–Crippen LogP) is 3.64. The second-order valence-corrected chi connectivity index (χ2v) is 6.58. The number of thioether (sulfide) groups is 1. The van der Waals surface area contributed by atoms with Crippen LogP contribution in [-0.2, 0) is 0 Å². The van der Waals surface area contributed by atoms with Gasteiger partial charge in [-0.3, -0.25) is 4.79 Å². The van der Waals surface area contributed by atoms with Crippen LogP contribution in [0, 0.1) is 0 Å². The van der Waals surface area contributed by atoms with Crippen molar-refractivity contribution in [2.45, 2.75) is 11.0 Å². The first kappa shape index (κ1) is 17.8. The van der Waals surface area contributed by atoms with Gasteiger partial charge in [0.15, 0.2) is 0 Å². The summed E-state index contributed by atoms with van der Waals surface area (Å²) in [6.45, 7) is 0.140. The lowest BCUT2D eigenvalue weighted by Gasteiger charge is -2.13. The van der Waals surface area contributed by atoms with Crippen LogP contribution in [-0.4, -0.2) is 30.9 Å². The molecule has 0 unspecified atom stereocenters. The molecule has 0 aliphatic carbocycles. The second-order valence-electron chi connectivity index (χ2n) is 4.84. The molecule has 0 aliphatic rings. The largest absolute Gasteiger partial charge is 0.497 e. The van der Waals surface area contributed by atoms with Gasteiger partial charge in [0.25, 0.3) is 5.91 Å². The number of aliphatic hydroxyl groups excluding tert-OH is 1. The number of hydrogen-bond donors (Lipinski definition) is 2. The first-order chi connectivity index (χ1) is 11.0. The van der Waals surface area contributed by atoms with Gasteiger partial charge in [-0.25, -0.2) is 0 Å². The second kappa shape index (κ2) is 8.38. The van der Waals surface area contributed by atoms with E-state index in [-0.39, 0.29) is 12.5 Å².